The van der Waals surface area contributed by atoms with E-state index in [9.17, 15) is 4.79 Å². The fraction of sp³-hybridized carbons (Fsp3) is 0.0667. The zero-order valence-corrected chi connectivity index (χ0v) is 10.4. The first-order valence-corrected chi connectivity index (χ1v) is 5.83. The second-order valence-electron chi connectivity index (χ2n) is 4.05. The fourth-order valence-electron chi connectivity index (χ4n) is 1.60. The molecular formula is C15H14N2O2. The standard InChI is InChI=1S/C15H14N2O2/c1-12(15(18)19)14-10-16-17(11-14)9-5-8-13-6-3-2-4-7-13/h2-8,10-11H,1,9H2,(H,18,19). The third kappa shape index (κ3) is 3.42. The number of carboxylic acids is 1. The molecule has 19 heavy (non-hydrogen) atoms. The van der Waals surface area contributed by atoms with E-state index in [2.05, 4.69) is 11.7 Å². The van der Waals surface area contributed by atoms with E-state index in [1.807, 2.05) is 42.5 Å². The average Bonchev–Trinajstić information content (AvgIpc) is 2.88. The number of hydrogen-bond acceptors (Lipinski definition) is 2. The van der Waals surface area contributed by atoms with Crippen molar-refractivity contribution in [2.24, 2.45) is 0 Å². The molecule has 0 spiro atoms. The summed E-state index contributed by atoms with van der Waals surface area (Å²) in [5, 5.41) is 12.9. The lowest BCUT2D eigenvalue weighted by atomic mass is 10.2. The monoisotopic (exact) mass is 254 g/mol. The van der Waals surface area contributed by atoms with E-state index in [0.717, 1.165) is 5.56 Å². The van der Waals surface area contributed by atoms with Gasteiger partial charge in [-0.05, 0) is 5.56 Å². The molecule has 0 amide bonds. The lowest BCUT2D eigenvalue weighted by molar-refractivity contribution is -0.130. The Bertz CT molecular complexity index is 612. The smallest absolute Gasteiger partial charge is 0.335 e. The molecule has 2 aromatic rings. The van der Waals surface area contributed by atoms with Crippen LogP contribution in [0.4, 0.5) is 0 Å². The topological polar surface area (TPSA) is 55.1 Å². The van der Waals surface area contributed by atoms with Crippen LogP contribution in [0.25, 0.3) is 11.6 Å². The summed E-state index contributed by atoms with van der Waals surface area (Å²) < 4.78 is 1.67. The van der Waals surface area contributed by atoms with E-state index in [1.165, 1.54) is 6.20 Å². The molecule has 2 rings (SSSR count). The highest BCUT2D eigenvalue weighted by molar-refractivity contribution is 6.14. The van der Waals surface area contributed by atoms with Crippen LogP contribution in [0.5, 0.6) is 0 Å². The van der Waals surface area contributed by atoms with Crippen molar-refractivity contribution >= 4 is 17.6 Å². The summed E-state index contributed by atoms with van der Waals surface area (Å²) in [6, 6.07) is 9.94. The highest BCUT2D eigenvalue weighted by Gasteiger charge is 2.08. The minimum atomic E-state index is -1.03. The zero-order chi connectivity index (χ0) is 13.7. The Morgan fingerprint density at radius 2 is 2.11 bits per heavy atom. The van der Waals surface area contributed by atoms with Gasteiger partial charge in [0, 0.05) is 11.8 Å². The van der Waals surface area contributed by atoms with Gasteiger partial charge in [-0.25, -0.2) is 4.79 Å². The van der Waals surface area contributed by atoms with Crippen molar-refractivity contribution in [2.75, 3.05) is 0 Å². The fourth-order valence-corrected chi connectivity index (χ4v) is 1.60. The molecule has 0 aliphatic rings. The van der Waals surface area contributed by atoms with Crippen molar-refractivity contribution in [3.05, 3.63) is 66.5 Å². The number of carboxylic acid groups (broad SMARTS) is 1. The van der Waals surface area contributed by atoms with Gasteiger partial charge in [-0.3, -0.25) is 4.68 Å². The predicted octanol–water partition coefficient (Wildman–Crippen LogP) is 2.69. The van der Waals surface area contributed by atoms with E-state index in [4.69, 9.17) is 5.11 Å². The van der Waals surface area contributed by atoms with Crippen LogP contribution < -0.4 is 0 Å². The van der Waals surface area contributed by atoms with Crippen molar-refractivity contribution in [2.45, 2.75) is 6.54 Å². The third-order valence-corrected chi connectivity index (χ3v) is 2.64. The Kier molecular flexibility index (Phi) is 3.93. The molecule has 1 heterocycles. The van der Waals surface area contributed by atoms with Gasteiger partial charge in [-0.2, -0.15) is 5.10 Å². The summed E-state index contributed by atoms with van der Waals surface area (Å²) in [5.74, 6) is -1.03. The molecule has 1 aromatic heterocycles. The normalized spacial score (nSPS) is 10.7. The molecule has 0 saturated carbocycles. The molecule has 0 saturated heterocycles. The summed E-state index contributed by atoms with van der Waals surface area (Å²) in [6.45, 7) is 4.08. The molecular weight excluding hydrogens is 240 g/mol. The Balaban J connectivity index is 1.99. The van der Waals surface area contributed by atoms with Crippen LogP contribution in [0.3, 0.4) is 0 Å². The molecule has 0 unspecified atom stereocenters. The first-order valence-electron chi connectivity index (χ1n) is 5.83. The highest BCUT2D eigenvalue weighted by Crippen LogP contribution is 2.11. The molecule has 0 fully saturated rings. The van der Waals surface area contributed by atoms with Crippen molar-refractivity contribution in [1.82, 2.24) is 9.78 Å². The van der Waals surface area contributed by atoms with Crippen LogP contribution in [0.15, 0.2) is 55.4 Å². The number of carbonyl (C=O) groups is 1. The molecule has 0 bridgehead atoms. The van der Waals surface area contributed by atoms with Gasteiger partial charge in [0.05, 0.1) is 18.3 Å². The van der Waals surface area contributed by atoms with Crippen molar-refractivity contribution < 1.29 is 9.90 Å². The maximum atomic E-state index is 10.8. The van der Waals surface area contributed by atoms with Gasteiger partial charge in [0.25, 0.3) is 0 Å². The maximum Gasteiger partial charge on any atom is 0.335 e. The minimum absolute atomic E-state index is 0.0540. The van der Waals surface area contributed by atoms with E-state index < -0.39 is 5.97 Å². The third-order valence-electron chi connectivity index (χ3n) is 2.64. The number of hydrogen-bond donors (Lipinski definition) is 1. The summed E-state index contributed by atoms with van der Waals surface area (Å²) in [6.07, 6.45) is 7.14. The molecule has 0 aliphatic heterocycles. The lowest BCUT2D eigenvalue weighted by Gasteiger charge is -1.96. The second-order valence-corrected chi connectivity index (χ2v) is 4.05. The Labute approximate surface area is 111 Å². The molecule has 0 radical (unpaired) electrons. The number of benzene rings is 1. The highest BCUT2D eigenvalue weighted by atomic mass is 16.4. The predicted molar refractivity (Wildman–Crippen MR) is 74.4 cm³/mol. The van der Waals surface area contributed by atoms with E-state index in [-0.39, 0.29) is 5.57 Å². The number of rotatable bonds is 5. The molecule has 0 aliphatic carbocycles. The molecule has 4 nitrogen and oxygen atoms in total. The quantitative estimate of drug-likeness (QED) is 0.835. The Hall–Kier alpha value is -2.62. The first-order chi connectivity index (χ1) is 9.16. The average molecular weight is 254 g/mol. The van der Waals surface area contributed by atoms with Crippen LogP contribution in [-0.4, -0.2) is 20.9 Å². The van der Waals surface area contributed by atoms with Gasteiger partial charge in [0.15, 0.2) is 0 Å². The molecule has 1 aromatic carbocycles. The van der Waals surface area contributed by atoms with Gasteiger partial charge >= 0.3 is 5.97 Å². The van der Waals surface area contributed by atoms with E-state index >= 15 is 0 Å². The van der Waals surface area contributed by atoms with Gasteiger partial charge in [0.1, 0.15) is 0 Å². The second kappa shape index (κ2) is 5.82. The van der Waals surface area contributed by atoms with E-state index in [1.54, 1.807) is 10.9 Å². The number of aliphatic carboxylic acids is 1. The van der Waals surface area contributed by atoms with Crippen LogP contribution in [0.1, 0.15) is 11.1 Å². The SMILES string of the molecule is C=C(C(=O)O)c1cnn(CC=Cc2ccccc2)c1. The van der Waals surface area contributed by atoms with Gasteiger partial charge in [-0.1, -0.05) is 49.1 Å². The molecule has 96 valence electrons. The van der Waals surface area contributed by atoms with Crippen molar-refractivity contribution in [3.63, 3.8) is 0 Å². The number of nitrogens with zero attached hydrogens (tertiary/aromatic N) is 2. The number of allylic oxidation sites excluding steroid dienone is 1. The lowest BCUT2D eigenvalue weighted by Crippen LogP contribution is -1.97. The van der Waals surface area contributed by atoms with Crippen molar-refractivity contribution in [1.29, 1.82) is 0 Å². The largest absolute Gasteiger partial charge is 0.478 e. The summed E-state index contributed by atoms with van der Waals surface area (Å²) >= 11 is 0. The van der Waals surface area contributed by atoms with Crippen molar-refractivity contribution in [3.8, 4) is 0 Å². The first kappa shape index (κ1) is 12.8. The van der Waals surface area contributed by atoms with E-state index in [0.29, 0.717) is 12.1 Å². The molecule has 4 heteroatoms. The summed E-state index contributed by atoms with van der Waals surface area (Å²) in [7, 11) is 0. The van der Waals surface area contributed by atoms with Crippen LogP contribution in [0, 0.1) is 0 Å². The summed E-state index contributed by atoms with van der Waals surface area (Å²) in [4.78, 5) is 10.8. The van der Waals surface area contributed by atoms with Gasteiger partial charge in [-0.15, -0.1) is 0 Å². The Morgan fingerprint density at radius 1 is 1.37 bits per heavy atom. The Morgan fingerprint density at radius 3 is 2.79 bits per heavy atom. The minimum Gasteiger partial charge on any atom is -0.478 e. The zero-order valence-electron chi connectivity index (χ0n) is 10.4. The molecule has 1 N–H and O–H groups in total. The number of aromatic nitrogens is 2. The maximum absolute atomic E-state index is 10.8. The van der Waals surface area contributed by atoms with Crippen LogP contribution >= 0.6 is 0 Å². The van der Waals surface area contributed by atoms with Gasteiger partial charge < -0.3 is 5.11 Å². The van der Waals surface area contributed by atoms with Crippen LogP contribution in [-0.2, 0) is 11.3 Å². The van der Waals surface area contributed by atoms with Crippen LogP contribution in [0.2, 0.25) is 0 Å². The molecule has 0 atom stereocenters. The summed E-state index contributed by atoms with van der Waals surface area (Å²) in [5.41, 5.74) is 1.70. The van der Waals surface area contributed by atoms with Gasteiger partial charge in [0.2, 0.25) is 0 Å².